The molecule has 2 fully saturated rings. The van der Waals surface area contributed by atoms with Crippen molar-refractivity contribution in [3.8, 4) is 22.8 Å². The van der Waals surface area contributed by atoms with Gasteiger partial charge in [-0.15, -0.1) is 11.8 Å². The summed E-state index contributed by atoms with van der Waals surface area (Å²) in [7, 11) is 0. The molecule has 8 rings (SSSR count). The van der Waals surface area contributed by atoms with Crippen molar-refractivity contribution in [2.75, 3.05) is 31.1 Å². The largest absolute Gasteiger partial charge is 0.457 e. The van der Waals surface area contributed by atoms with E-state index in [0.717, 1.165) is 94.7 Å². The Morgan fingerprint density at radius 3 is 2.18 bits per heavy atom. The second kappa shape index (κ2) is 19.2. The molecule has 3 aliphatic rings. The van der Waals surface area contributed by atoms with E-state index in [1.165, 1.54) is 51.3 Å². The molecule has 0 bridgehead atoms. The zero-order chi connectivity index (χ0) is 41.4. The number of para-hydroxylation sites is 1. The number of unbranched alkanes of at least 4 members (excludes halogenated alkanes) is 8. The quantitative estimate of drug-likeness (QED) is 0.0497. The van der Waals surface area contributed by atoms with Gasteiger partial charge in [0.1, 0.15) is 35.4 Å². The molecule has 60 heavy (non-hydrogen) atoms. The Bertz CT molecular complexity index is 2330. The molecule has 1 atom stereocenters. The van der Waals surface area contributed by atoms with E-state index in [1.807, 2.05) is 60.7 Å². The third kappa shape index (κ3) is 9.24. The Morgan fingerprint density at radius 2 is 1.45 bits per heavy atom. The smallest absolute Gasteiger partial charge is 0.263 e. The number of ether oxygens (including phenoxy) is 1. The number of imide groups is 2. The Kier molecular flexibility index (Phi) is 13.2. The number of aromatic nitrogens is 4. The molecular formula is C46H52N8O5S. The lowest BCUT2D eigenvalue weighted by Gasteiger charge is -2.32. The molecule has 2 aromatic heterocycles. The van der Waals surface area contributed by atoms with E-state index in [2.05, 4.69) is 24.9 Å². The van der Waals surface area contributed by atoms with Gasteiger partial charge in [0.25, 0.3) is 11.8 Å². The maximum absolute atomic E-state index is 13.3. The van der Waals surface area contributed by atoms with Gasteiger partial charge in [0.2, 0.25) is 11.8 Å². The van der Waals surface area contributed by atoms with Crippen LogP contribution in [0.25, 0.3) is 22.3 Å². The van der Waals surface area contributed by atoms with Crippen molar-refractivity contribution < 1.29 is 23.9 Å². The van der Waals surface area contributed by atoms with Crippen molar-refractivity contribution in [3.63, 3.8) is 0 Å². The van der Waals surface area contributed by atoms with E-state index < -0.39 is 23.8 Å². The number of nitrogens with one attached hydrogen (secondary N) is 1. The van der Waals surface area contributed by atoms with Gasteiger partial charge in [0.05, 0.1) is 22.6 Å². The van der Waals surface area contributed by atoms with E-state index in [-0.39, 0.29) is 24.8 Å². The Balaban J connectivity index is 0.707. The third-order valence-corrected chi connectivity index (χ3v) is 13.0. The summed E-state index contributed by atoms with van der Waals surface area (Å²) in [6.45, 7) is 3.20. The van der Waals surface area contributed by atoms with Crippen molar-refractivity contribution in [2.24, 2.45) is 0 Å². The predicted octanol–water partition coefficient (Wildman–Crippen LogP) is 8.21. The number of carbonyl (C=O) groups is 4. The lowest BCUT2D eigenvalue weighted by molar-refractivity contribution is -0.136. The zero-order valence-corrected chi connectivity index (χ0v) is 34.7. The molecule has 312 valence electrons. The Hall–Kier alpha value is -5.60. The minimum absolute atomic E-state index is 0.110. The van der Waals surface area contributed by atoms with Crippen LogP contribution < -0.4 is 15.8 Å². The second-order valence-electron chi connectivity index (χ2n) is 15.9. The molecule has 3 aromatic carbocycles. The van der Waals surface area contributed by atoms with Crippen LogP contribution in [0.5, 0.6) is 11.5 Å². The van der Waals surface area contributed by atoms with Gasteiger partial charge in [-0.05, 0) is 92.9 Å². The van der Waals surface area contributed by atoms with Crippen LogP contribution in [-0.4, -0.2) is 84.6 Å². The van der Waals surface area contributed by atoms with Crippen molar-refractivity contribution in [2.45, 2.75) is 100 Å². The van der Waals surface area contributed by atoms with Gasteiger partial charge in [-0.3, -0.25) is 29.4 Å². The van der Waals surface area contributed by atoms with Crippen LogP contribution in [0.2, 0.25) is 0 Å². The van der Waals surface area contributed by atoms with Crippen LogP contribution >= 0.6 is 11.8 Å². The summed E-state index contributed by atoms with van der Waals surface area (Å²) >= 11 is 1.59. The highest BCUT2D eigenvalue weighted by atomic mass is 32.2. The molecule has 3 N–H and O–H groups in total. The lowest BCUT2D eigenvalue weighted by Crippen LogP contribution is -2.54. The van der Waals surface area contributed by atoms with E-state index in [1.54, 1.807) is 23.9 Å². The highest BCUT2D eigenvalue weighted by Crippen LogP contribution is 2.37. The van der Waals surface area contributed by atoms with Gasteiger partial charge in [-0.1, -0.05) is 69.2 Å². The summed E-state index contributed by atoms with van der Waals surface area (Å²) in [5.41, 5.74) is 9.66. The molecule has 14 heteroatoms. The molecule has 0 spiro atoms. The van der Waals surface area contributed by atoms with Crippen molar-refractivity contribution >= 4 is 52.2 Å². The van der Waals surface area contributed by atoms with Gasteiger partial charge in [0.15, 0.2) is 5.65 Å². The fraction of sp³-hybridized carbons (Fsp3) is 0.413. The van der Waals surface area contributed by atoms with Crippen molar-refractivity contribution in [1.82, 2.24) is 34.9 Å². The molecular weight excluding hydrogens is 777 g/mol. The molecule has 2 saturated heterocycles. The SMILES string of the molecule is Nc1ncnc2c1c(-c1ccc(Oc3ccccc3)cc1)nn2C1CCN(CCCCCCCCCCCSc2cccc3c2C(=O)N(C2CCC(=O)NC2=O)C3=O)CC1. The number of anilines is 1. The number of thioether (sulfide) groups is 1. The molecule has 3 aliphatic heterocycles. The standard InChI is InChI=1S/C46H52N8O5S/c47-42-40-41(31-18-20-34(21-19-31)59-33-14-9-8-10-15-33)51-54(43(40)49-30-48-42)32-24-27-52(28-25-32)26-11-6-4-2-1-3-5-7-12-29-60-37-17-13-16-35-39(37)46(58)53(45(35)57)36-22-23-38(55)50-44(36)56/h8-10,13-21,30,32,36H,1-7,11-12,22-29H2,(H2,47,48,49)(H,50,55,56). The molecule has 0 radical (unpaired) electrons. The van der Waals surface area contributed by atoms with E-state index in [0.29, 0.717) is 16.9 Å². The summed E-state index contributed by atoms with van der Waals surface area (Å²) in [6, 6.07) is 22.3. The number of nitrogens with zero attached hydrogens (tertiary/aromatic N) is 6. The molecule has 4 amide bonds. The number of piperidine rings is 2. The molecule has 1 unspecified atom stereocenters. The lowest BCUT2D eigenvalue weighted by atomic mass is 10.0. The normalized spacial score (nSPS) is 17.4. The first kappa shape index (κ1) is 41.1. The average molecular weight is 829 g/mol. The minimum Gasteiger partial charge on any atom is -0.457 e. The van der Waals surface area contributed by atoms with Crippen LogP contribution in [0.1, 0.15) is 110 Å². The number of nitrogen functional groups attached to an aromatic ring is 1. The maximum atomic E-state index is 13.3. The first-order valence-corrected chi connectivity index (χ1v) is 22.4. The number of carbonyl (C=O) groups excluding carboxylic acids is 4. The fourth-order valence-corrected chi connectivity index (χ4v) is 9.69. The fourth-order valence-electron chi connectivity index (χ4n) is 8.61. The molecule has 5 heterocycles. The number of amides is 4. The number of benzene rings is 3. The van der Waals surface area contributed by atoms with Crippen LogP contribution in [0.4, 0.5) is 5.82 Å². The summed E-state index contributed by atoms with van der Waals surface area (Å²) in [5.74, 6) is 0.971. The maximum Gasteiger partial charge on any atom is 0.263 e. The number of hydrogen-bond acceptors (Lipinski definition) is 11. The van der Waals surface area contributed by atoms with Gasteiger partial charge < -0.3 is 15.4 Å². The topological polar surface area (TPSA) is 166 Å². The summed E-state index contributed by atoms with van der Waals surface area (Å²) in [4.78, 5) is 63.8. The number of likely N-dealkylation sites (tertiary alicyclic amines) is 1. The first-order chi connectivity index (χ1) is 29.4. The minimum atomic E-state index is -0.947. The number of nitrogens with two attached hydrogens (primary N) is 1. The van der Waals surface area contributed by atoms with Crippen LogP contribution in [0.15, 0.2) is 84.0 Å². The van der Waals surface area contributed by atoms with E-state index in [4.69, 9.17) is 15.6 Å². The highest BCUT2D eigenvalue weighted by molar-refractivity contribution is 7.99. The van der Waals surface area contributed by atoms with E-state index in [9.17, 15) is 19.2 Å². The molecule has 5 aromatic rings. The first-order valence-electron chi connectivity index (χ1n) is 21.4. The van der Waals surface area contributed by atoms with E-state index >= 15 is 0 Å². The third-order valence-electron chi connectivity index (χ3n) is 11.8. The number of hydrogen-bond donors (Lipinski definition) is 2. The van der Waals surface area contributed by atoms with Gasteiger partial charge in [-0.25, -0.2) is 14.6 Å². The molecule has 13 nitrogen and oxygen atoms in total. The Labute approximate surface area is 354 Å². The summed E-state index contributed by atoms with van der Waals surface area (Å²) in [5, 5.41) is 8.14. The van der Waals surface area contributed by atoms with Gasteiger partial charge >= 0.3 is 0 Å². The summed E-state index contributed by atoms with van der Waals surface area (Å²) < 4.78 is 8.07. The Morgan fingerprint density at radius 1 is 0.750 bits per heavy atom. The zero-order valence-electron chi connectivity index (χ0n) is 33.9. The van der Waals surface area contributed by atoms with Crippen LogP contribution in [-0.2, 0) is 9.59 Å². The highest BCUT2D eigenvalue weighted by Gasteiger charge is 2.45. The molecule has 0 saturated carbocycles. The average Bonchev–Trinajstić information content (AvgIpc) is 3.78. The summed E-state index contributed by atoms with van der Waals surface area (Å²) in [6.07, 6.45) is 14.6. The van der Waals surface area contributed by atoms with Crippen molar-refractivity contribution in [1.29, 1.82) is 0 Å². The monoisotopic (exact) mass is 828 g/mol. The molecule has 0 aliphatic carbocycles. The predicted molar refractivity (Wildman–Crippen MR) is 232 cm³/mol. The second-order valence-corrected chi connectivity index (χ2v) is 17.1. The number of fused-ring (bicyclic) bond motifs is 2. The van der Waals surface area contributed by atoms with Crippen LogP contribution in [0, 0.1) is 0 Å². The van der Waals surface area contributed by atoms with Crippen LogP contribution in [0.3, 0.4) is 0 Å². The van der Waals surface area contributed by atoms with Gasteiger partial charge in [0, 0.05) is 30.0 Å². The van der Waals surface area contributed by atoms with Gasteiger partial charge in [-0.2, -0.15) is 5.10 Å². The number of rotatable bonds is 18. The van der Waals surface area contributed by atoms with Crippen molar-refractivity contribution in [3.05, 3.63) is 90.3 Å².